The Morgan fingerprint density at radius 3 is 2.17 bits per heavy atom. The van der Waals surface area contributed by atoms with Crippen molar-refractivity contribution in [3.8, 4) is 0 Å². The van der Waals surface area contributed by atoms with Crippen LogP contribution in [0.4, 0.5) is 16.2 Å². The van der Waals surface area contributed by atoms with Crippen molar-refractivity contribution in [3.63, 3.8) is 0 Å². The molecule has 158 valence electrons. The predicted octanol–water partition coefficient (Wildman–Crippen LogP) is 4.46. The maximum atomic E-state index is 12.0. The first kappa shape index (κ1) is 23.0. The van der Waals surface area contributed by atoms with Crippen LogP contribution in [0.3, 0.4) is 0 Å². The molecule has 0 aromatic heterocycles. The first-order chi connectivity index (χ1) is 14.1. The number of halogens is 1. The van der Waals surface area contributed by atoms with Gasteiger partial charge in [0.15, 0.2) is 0 Å². The predicted molar refractivity (Wildman–Crippen MR) is 118 cm³/mol. The molecule has 0 radical (unpaired) electrons. The average molecular weight is 430 g/mol. The molecule has 0 unspecified atom stereocenters. The Balaban J connectivity index is 1.81. The summed E-state index contributed by atoms with van der Waals surface area (Å²) in [5, 5.41) is 8.30. The molecule has 0 bridgehead atoms. The Bertz CT molecular complexity index is 934. The van der Waals surface area contributed by atoms with Crippen molar-refractivity contribution < 1.29 is 19.1 Å². The van der Waals surface area contributed by atoms with E-state index in [1.807, 2.05) is 12.1 Å². The molecule has 2 rings (SSSR count). The van der Waals surface area contributed by atoms with Gasteiger partial charge in [-0.2, -0.15) is 0 Å². The lowest BCUT2D eigenvalue weighted by molar-refractivity contribution is -0.115. The maximum Gasteiger partial charge on any atom is 0.408 e. The molecule has 2 aromatic rings. The Labute approximate surface area is 180 Å². The molecule has 0 atom stereocenters. The fourth-order valence-corrected chi connectivity index (χ4v) is 2.47. The van der Waals surface area contributed by atoms with Crippen LogP contribution >= 0.6 is 11.6 Å². The molecule has 7 nitrogen and oxygen atoms in total. The van der Waals surface area contributed by atoms with E-state index in [1.54, 1.807) is 63.2 Å². The van der Waals surface area contributed by atoms with E-state index in [1.165, 1.54) is 6.08 Å². The highest BCUT2D eigenvalue weighted by atomic mass is 35.5. The second-order valence-corrected chi connectivity index (χ2v) is 7.73. The molecular formula is C22H24ClN3O4. The summed E-state index contributed by atoms with van der Waals surface area (Å²) in [6.07, 6.45) is 2.35. The van der Waals surface area contributed by atoms with E-state index in [2.05, 4.69) is 16.0 Å². The van der Waals surface area contributed by atoms with Crippen LogP contribution in [0.1, 0.15) is 26.3 Å². The molecule has 2 aromatic carbocycles. The van der Waals surface area contributed by atoms with E-state index in [-0.39, 0.29) is 12.5 Å². The summed E-state index contributed by atoms with van der Waals surface area (Å²) in [6.45, 7) is 4.99. The summed E-state index contributed by atoms with van der Waals surface area (Å²) in [5.74, 6) is -0.714. The van der Waals surface area contributed by atoms with Crippen LogP contribution in [0, 0.1) is 0 Å². The number of nitrogens with one attached hydrogen (secondary N) is 3. The van der Waals surface area contributed by atoms with Gasteiger partial charge >= 0.3 is 6.09 Å². The van der Waals surface area contributed by atoms with E-state index < -0.39 is 17.6 Å². The van der Waals surface area contributed by atoms with E-state index in [4.69, 9.17) is 16.3 Å². The topological polar surface area (TPSA) is 96.5 Å². The zero-order valence-corrected chi connectivity index (χ0v) is 17.7. The third-order valence-corrected chi connectivity index (χ3v) is 3.89. The summed E-state index contributed by atoms with van der Waals surface area (Å²) in [4.78, 5) is 35.5. The number of alkyl carbamates (subject to hydrolysis) is 1. The van der Waals surface area contributed by atoms with Gasteiger partial charge < -0.3 is 20.7 Å². The maximum absolute atomic E-state index is 12.0. The number of anilines is 2. The number of hydrogen-bond acceptors (Lipinski definition) is 4. The number of benzene rings is 2. The first-order valence-electron chi connectivity index (χ1n) is 9.23. The summed E-state index contributed by atoms with van der Waals surface area (Å²) in [5.41, 5.74) is 1.19. The fourth-order valence-electron chi connectivity index (χ4n) is 2.27. The molecule has 0 aliphatic carbocycles. The quantitative estimate of drug-likeness (QED) is 0.591. The minimum atomic E-state index is -0.666. The number of rotatable bonds is 6. The summed E-state index contributed by atoms with van der Waals surface area (Å²) in [6, 6.07) is 13.8. The lowest BCUT2D eigenvalue weighted by atomic mass is 10.2. The summed E-state index contributed by atoms with van der Waals surface area (Å²) < 4.78 is 5.06. The van der Waals surface area contributed by atoms with Gasteiger partial charge in [-0.25, -0.2) is 4.79 Å². The van der Waals surface area contributed by atoms with Gasteiger partial charge in [-0.15, -0.1) is 0 Å². The van der Waals surface area contributed by atoms with Crippen LogP contribution in [0.25, 0.3) is 6.08 Å². The van der Waals surface area contributed by atoms with Crippen molar-refractivity contribution in [2.45, 2.75) is 26.4 Å². The van der Waals surface area contributed by atoms with Gasteiger partial charge in [-0.1, -0.05) is 29.8 Å². The highest BCUT2D eigenvalue weighted by Gasteiger charge is 2.16. The van der Waals surface area contributed by atoms with Crippen LogP contribution in [0.2, 0.25) is 5.02 Å². The Morgan fingerprint density at radius 2 is 1.57 bits per heavy atom. The molecule has 0 saturated carbocycles. The number of carbonyl (C=O) groups is 3. The molecule has 0 spiro atoms. The largest absolute Gasteiger partial charge is 0.444 e. The monoisotopic (exact) mass is 429 g/mol. The van der Waals surface area contributed by atoms with Crippen LogP contribution in [-0.4, -0.2) is 30.1 Å². The average Bonchev–Trinajstić information content (AvgIpc) is 2.66. The normalized spacial score (nSPS) is 11.1. The van der Waals surface area contributed by atoms with Crippen LogP contribution in [0.15, 0.2) is 54.6 Å². The molecule has 0 heterocycles. The molecule has 3 amide bonds. The summed E-state index contributed by atoms with van der Waals surface area (Å²) >= 11 is 6.05. The van der Waals surface area contributed by atoms with Crippen molar-refractivity contribution in [1.82, 2.24) is 5.32 Å². The van der Waals surface area contributed by atoms with Gasteiger partial charge in [0, 0.05) is 22.5 Å². The van der Waals surface area contributed by atoms with Gasteiger partial charge in [-0.3, -0.25) is 9.59 Å². The zero-order valence-electron chi connectivity index (χ0n) is 17.0. The van der Waals surface area contributed by atoms with E-state index in [0.717, 1.165) is 5.56 Å². The zero-order chi connectivity index (χ0) is 22.1. The molecule has 30 heavy (non-hydrogen) atoms. The van der Waals surface area contributed by atoms with Gasteiger partial charge in [-0.05, 0) is 62.7 Å². The lowest BCUT2D eigenvalue weighted by Gasteiger charge is -2.19. The first-order valence-corrected chi connectivity index (χ1v) is 9.60. The number of carbonyl (C=O) groups excluding carboxylic acids is 3. The minimum absolute atomic E-state index is 0.222. The van der Waals surface area contributed by atoms with Crippen molar-refractivity contribution in [1.29, 1.82) is 0 Å². The standard InChI is InChI=1S/C22H24ClN3O4/c1-22(2,3)30-21(29)24-14-20(28)26-17-11-9-16(10-12-17)25-19(27)13-8-15-6-4-5-7-18(15)23/h4-13H,14H2,1-3H3,(H,24,29)(H,25,27)(H,26,28)/b13-8+. The van der Waals surface area contributed by atoms with Crippen LogP contribution in [-0.2, 0) is 14.3 Å². The third kappa shape index (κ3) is 8.36. The lowest BCUT2D eigenvalue weighted by Crippen LogP contribution is -2.37. The number of amides is 3. The second-order valence-electron chi connectivity index (χ2n) is 7.33. The Hall–Kier alpha value is -3.32. The number of hydrogen-bond donors (Lipinski definition) is 3. The van der Waals surface area contributed by atoms with Crippen LogP contribution in [0.5, 0.6) is 0 Å². The van der Waals surface area contributed by atoms with Crippen molar-refractivity contribution in [3.05, 3.63) is 65.2 Å². The van der Waals surface area contributed by atoms with Crippen LogP contribution < -0.4 is 16.0 Å². The molecule has 8 heteroatoms. The summed E-state index contributed by atoms with van der Waals surface area (Å²) in [7, 11) is 0. The van der Waals surface area contributed by atoms with Gasteiger partial charge in [0.1, 0.15) is 12.1 Å². The highest BCUT2D eigenvalue weighted by molar-refractivity contribution is 6.32. The molecule has 0 aliphatic heterocycles. The van der Waals surface area contributed by atoms with E-state index >= 15 is 0 Å². The third-order valence-electron chi connectivity index (χ3n) is 3.55. The Morgan fingerprint density at radius 1 is 0.967 bits per heavy atom. The Kier molecular flexibility index (Phi) is 8.00. The fraction of sp³-hybridized carbons (Fsp3) is 0.227. The molecule has 3 N–H and O–H groups in total. The SMILES string of the molecule is CC(C)(C)OC(=O)NCC(=O)Nc1ccc(NC(=O)/C=C/c2ccccc2Cl)cc1. The second kappa shape index (κ2) is 10.5. The van der Waals surface area contributed by atoms with Gasteiger partial charge in [0.2, 0.25) is 11.8 Å². The molecular weight excluding hydrogens is 406 g/mol. The molecule has 0 fully saturated rings. The molecule has 0 aliphatic rings. The van der Waals surface area contributed by atoms with Crippen molar-refractivity contribution in [2.24, 2.45) is 0 Å². The van der Waals surface area contributed by atoms with Crippen molar-refractivity contribution >= 4 is 47.0 Å². The van der Waals surface area contributed by atoms with E-state index in [9.17, 15) is 14.4 Å². The van der Waals surface area contributed by atoms with Crippen molar-refractivity contribution in [2.75, 3.05) is 17.2 Å². The van der Waals surface area contributed by atoms with E-state index in [0.29, 0.717) is 16.4 Å². The van der Waals surface area contributed by atoms with Gasteiger partial charge in [0.05, 0.1) is 0 Å². The minimum Gasteiger partial charge on any atom is -0.444 e. The highest BCUT2D eigenvalue weighted by Crippen LogP contribution is 2.17. The smallest absolute Gasteiger partial charge is 0.408 e. The number of ether oxygens (including phenoxy) is 1. The van der Waals surface area contributed by atoms with Gasteiger partial charge in [0.25, 0.3) is 0 Å². The molecule has 0 saturated heterocycles.